The number of aliphatic hydroxyl groups is 1. The highest BCUT2D eigenvalue weighted by molar-refractivity contribution is 8.00. The Bertz CT molecular complexity index is 561. The predicted octanol–water partition coefficient (Wildman–Crippen LogP) is 0.634. The molecule has 2 amide bonds. The van der Waals surface area contributed by atoms with Crippen LogP contribution in [-0.2, 0) is 9.59 Å². The fraction of sp³-hybridized carbons (Fsp3) is 0.286. The van der Waals surface area contributed by atoms with Crippen LogP contribution in [0, 0.1) is 0 Å². The second-order valence-electron chi connectivity index (χ2n) is 4.65. The van der Waals surface area contributed by atoms with E-state index in [1.54, 1.807) is 47.1 Å². The first kappa shape index (κ1) is 13.2. The molecule has 2 aliphatic heterocycles. The van der Waals surface area contributed by atoms with Crippen molar-refractivity contribution in [3.8, 4) is 0 Å². The number of carbonyl (C=O) groups is 2. The molecule has 1 aromatic carbocycles. The van der Waals surface area contributed by atoms with Gasteiger partial charge in [-0.2, -0.15) is 0 Å². The Morgan fingerprint density at radius 2 is 2.15 bits per heavy atom. The number of aliphatic hydroxyl groups excluding tert-OH is 1. The van der Waals surface area contributed by atoms with E-state index in [-0.39, 0.29) is 11.3 Å². The van der Waals surface area contributed by atoms with Gasteiger partial charge in [0.1, 0.15) is 11.4 Å². The van der Waals surface area contributed by atoms with Crippen molar-refractivity contribution in [1.29, 1.82) is 0 Å². The highest BCUT2D eigenvalue weighted by Crippen LogP contribution is 2.33. The van der Waals surface area contributed by atoms with Crippen LogP contribution >= 0.6 is 11.8 Å². The second-order valence-corrected chi connectivity index (χ2v) is 5.80. The van der Waals surface area contributed by atoms with Crippen LogP contribution in [0.1, 0.15) is 11.7 Å². The molecule has 0 spiro atoms. The molecule has 1 unspecified atom stereocenters. The number of hydrogen-bond donors (Lipinski definition) is 2. The molecule has 1 saturated heterocycles. The van der Waals surface area contributed by atoms with E-state index in [1.165, 1.54) is 0 Å². The molecule has 5 nitrogen and oxygen atoms in total. The van der Waals surface area contributed by atoms with E-state index in [2.05, 4.69) is 5.32 Å². The monoisotopic (exact) mass is 290 g/mol. The Kier molecular flexibility index (Phi) is 3.50. The Hall–Kier alpha value is -1.79. The molecule has 3 atom stereocenters. The van der Waals surface area contributed by atoms with Crippen molar-refractivity contribution in [2.24, 2.45) is 0 Å². The van der Waals surface area contributed by atoms with Gasteiger partial charge in [-0.05, 0) is 5.56 Å². The maximum atomic E-state index is 12.0. The summed E-state index contributed by atoms with van der Waals surface area (Å²) >= 11 is 1.60. The lowest BCUT2D eigenvalue weighted by Gasteiger charge is -2.46. The number of thioether (sulfide) groups is 1. The smallest absolute Gasteiger partial charge is 0.254 e. The lowest BCUT2D eigenvalue weighted by Crippen LogP contribution is -2.68. The maximum absolute atomic E-state index is 12.0. The van der Waals surface area contributed by atoms with Crippen molar-refractivity contribution in [3.63, 3.8) is 0 Å². The van der Waals surface area contributed by atoms with Gasteiger partial charge in [-0.15, -0.1) is 11.8 Å². The van der Waals surface area contributed by atoms with Crippen LogP contribution in [0.3, 0.4) is 0 Å². The number of β-lactam (4-membered cyclic amide) rings is 1. The SMILES string of the molecule is O=C(NC1C(=O)N2C=CCS[C@H]12)[C@H](O)c1ccccc1. The van der Waals surface area contributed by atoms with E-state index in [0.29, 0.717) is 5.56 Å². The largest absolute Gasteiger partial charge is 0.378 e. The number of hydrogen-bond acceptors (Lipinski definition) is 4. The molecule has 0 aromatic heterocycles. The highest BCUT2D eigenvalue weighted by Gasteiger charge is 2.48. The minimum Gasteiger partial charge on any atom is -0.378 e. The molecular weight excluding hydrogens is 276 g/mol. The fourth-order valence-corrected chi connectivity index (χ4v) is 3.39. The molecule has 20 heavy (non-hydrogen) atoms. The summed E-state index contributed by atoms with van der Waals surface area (Å²) in [6, 6.07) is 8.13. The van der Waals surface area contributed by atoms with Gasteiger partial charge in [-0.3, -0.25) is 9.59 Å². The minimum atomic E-state index is -1.25. The lowest BCUT2D eigenvalue weighted by molar-refractivity contribution is -0.146. The summed E-state index contributed by atoms with van der Waals surface area (Å²) in [4.78, 5) is 25.5. The van der Waals surface area contributed by atoms with Crippen LogP contribution < -0.4 is 5.32 Å². The van der Waals surface area contributed by atoms with Crippen LogP contribution in [-0.4, -0.2) is 39.0 Å². The van der Waals surface area contributed by atoms with Gasteiger partial charge in [0.2, 0.25) is 0 Å². The standard InChI is InChI=1S/C14H14N2O3S/c17-11(9-5-2-1-3-6-9)12(18)15-10-13(19)16-7-4-8-20-14(10)16/h1-7,10-11,14,17H,8H2,(H,15,18)/t10?,11-,14-/m1/s1. The van der Waals surface area contributed by atoms with Gasteiger partial charge in [0.15, 0.2) is 6.10 Å². The van der Waals surface area contributed by atoms with Crippen molar-refractivity contribution >= 4 is 23.6 Å². The van der Waals surface area contributed by atoms with Gasteiger partial charge < -0.3 is 15.3 Å². The first-order chi connectivity index (χ1) is 9.68. The molecule has 3 rings (SSSR count). The topological polar surface area (TPSA) is 69.6 Å². The third kappa shape index (κ3) is 2.21. The van der Waals surface area contributed by atoms with E-state index in [4.69, 9.17) is 0 Å². The van der Waals surface area contributed by atoms with Crippen molar-refractivity contribution in [1.82, 2.24) is 10.2 Å². The zero-order chi connectivity index (χ0) is 14.1. The van der Waals surface area contributed by atoms with E-state index in [1.807, 2.05) is 12.1 Å². The number of nitrogens with one attached hydrogen (secondary N) is 1. The van der Waals surface area contributed by atoms with Crippen molar-refractivity contribution in [2.75, 3.05) is 5.75 Å². The molecule has 2 N–H and O–H groups in total. The van der Waals surface area contributed by atoms with Crippen LogP contribution in [0.4, 0.5) is 0 Å². The predicted molar refractivity (Wildman–Crippen MR) is 75.6 cm³/mol. The number of carbonyl (C=O) groups excluding carboxylic acids is 2. The molecule has 0 saturated carbocycles. The molecule has 0 bridgehead atoms. The van der Waals surface area contributed by atoms with Crippen molar-refractivity contribution in [2.45, 2.75) is 17.5 Å². The summed E-state index contributed by atoms with van der Waals surface area (Å²) in [5.74, 6) is 0.151. The van der Waals surface area contributed by atoms with E-state index in [9.17, 15) is 14.7 Å². The Morgan fingerprint density at radius 3 is 2.90 bits per heavy atom. The Morgan fingerprint density at radius 1 is 1.40 bits per heavy atom. The molecule has 2 heterocycles. The van der Waals surface area contributed by atoms with Crippen LogP contribution in [0.15, 0.2) is 42.6 Å². The highest BCUT2D eigenvalue weighted by atomic mass is 32.2. The van der Waals surface area contributed by atoms with Gasteiger partial charge in [-0.1, -0.05) is 36.4 Å². The van der Waals surface area contributed by atoms with Gasteiger partial charge in [-0.25, -0.2) is 0 Å². The van der Waals surface area contributed by atoms with Crippen LogP contribution in [0.2, 0.25) is 0 Å². The zero-order valence-electron chi connectivity index (χ0n) is 10.6. The molecule has 0 aliphatic carbocycles. The van der Waals surface area contributed by atoms with Crippen LogP contribution in [0.5, 0.6) is 0 Å². The molecule has 2 aliphatic rings. The summed E-state index contributed by atoms with van der Waals surface area (Å²) in [6.45, 7) is 0. The molecule has 6 heteroatoms. The second kappa shape index (κ2) is 5.30. The number of fused-ring (bicyclic) bond motifs is 1. The van der Waals surface area contributed by atoms with E-state index >= 15 is 0 Å². The van der Waals surface area contributed by atoms with Crippen molar-refractivity contribution < 1.29 is 14.7 Å². The first-order valence-corrected chi connectivity index (χ1v) is 7.37. The normalized spacial score (nSPS) is 25.6. The molecule has 104 valence electrons. The van der Waals surface area contributed by atoms with Gasteiger partial charge >= 0.3 is 0 Å². The summed E-state index contributed by atoms with van der Waals surface area (Å²) in [7, 11) is 0. The molecule has 1 fully saturated rings. The Balaban J connectivity index is 1.65. The van der Waals surface area contributed by atoms with Gasteiger partial charge in [0, 0.05) is 12.0 Å². The minimum absolute atomic E-state index is 0.0561. The quantitative estimate of drug-likeness (QED) is 0.801. The van der Waals surface area contributed by atoms with Crippen molar-refractivity contribution in [3.05, 3.63) is 48.2 Å². The molecular formula is C14H14N2O3S. The van der Waals surface area contributed by atoms with Crippen LogP contribution in [0.25, 0.3) is 0 Å². The number of amides is 2. The summed E-state index contributed by atoms with van der Waals surface area (Å²) in [5.41, 5.74) is 0.518. The summed E-state index contributed by atoms with van der Waals surface area (Å²) in [5, 5.41) is 12.6. The number of rotatable bonds is 3. The van der Waals surface area contributed by atoms with E-state index < -0.39 is 18.1 Å². The first-order valence-electron chi connectivity index (χ1n) is 6.32. The number of nitrogens with zero attached hydrogens (tertiary/aromatic N) is 1. The number of benzene rings is 1. The molecule has 1 aromatic rings. The zero-order valence-corrected chi connectivity index (χ0v) is 11.4. The summed E-state index contributed by atoms with van der Waals surface area (Å²) in [6.07, 6.45) is 2.41. The third-order valence-corrected chi connectivity index (χ3v) is 4.60. The Labute approximate surface area is 120 Å². The average molecular weight is 290 g/mol. The average Bonchev–Trinajstić information content (AvgIpc) is 2.52. The maximum Gasteiger partial charge on any atom is 0.254 e. The van der Waals surface area contributed by atoms with Gasteiger partial charge in [0.25, 0.3) is 11.8 Å². The summed E-state index contributed by atoms with van der Waals surface area (Å²) < 4.78 is 0. The fourth-order valence-electron chi connectivity index (χ4n) is 2.28. The van der Waals surface area contributed by atoms with E-state index in [0.717, 1.165) is 5.75 Å². The molecule has 0 radical (unpaired) electrons. The van der Waals surface area contributed by atoms with Gasteiger partial charge in [0.05, 0.1) is 0 Å². The lowest BCUT2D eigenvalue weighted by atomic mass is 10.1. The third-order valence-electron chi connectivity index (χ3n) is 3.37.